The van der Waals surface area contributed by atoms with Crippen molar-refractivity contribution in [2.75, 3.05) is 18.1 Å². The van der Waals surface area contributed by atoms with E-state index in [9.17, 15) is 5.11 Å². The molecule has 0 spiro atoms. The van der Waals surface area contributed by atoms with Crippen molar-refractivity contribution in [2.24, 2.45) is 5.73 Å². The van der Waals surface area contributed by atoms with Crippen LogP contribution in [0.3, 0.4) is 0 Å². The van der Waals surface area contributed by atoms with Gasteiger partial charge in [-0.05, 0) is 37.7 Å². The second-order valence-electron chi connectivity index (χ2n) is 3.36. The Kier molecular flexibility index (Phi) is 6.90. The summed E-state index contributed by atoms with van der Waals surface area (Å²) in [6, 6.07) is 0. The smallest absolute Gasteiger partial charge is 0.0741 e. The minimum absolute atomic E-state index is 0.369. The van der Waals surface area contributed by atoms with Gasteiger partial charge in [-0.3, -0.25) is 0 Å². The Morgan fingerprint density at radius 1 is 1.42 bits per heavy atom. The van der Waals surface area contributed by atoms with E-state index in [-0.39, 0.29) is 0 Å². The standard InChI is InChI=1S/C9H21NOS/c1-3-12-7-5-4-6-9(2,11)8-10/h11H,3-8,10H2,1-2H3. The lowest BCUT2D eigenvalue weighted by atomic mass is 10.00. The van der Waals surface area contributed by atoms with Gasteiger partial charge in [0.25, 0.3) is 0 Å². The number of nitrogens with two attached hydrogens (primary N) is 1. The monoisotopic (exact) mass is 191 g/mol. The third-order valence-corrected chi connectivity index (χ3v) is 2.88. The summed E-state index contributed by atoms with van der Waals surface area (Å²) in [4.78, 5) is 0. The first-order valence-corrected chi connectivity index (χ1v) is 5.78. The van der Waals surface area contributed by atoms with Gasteiger partial charge in [0.05, 0.1) is 5.60 Å². The molecule has 74 valence electrons. The third kappa shape index (κ3) is 6.95. The zero-order valence-electron chi connectivity index (χ0n) is 8.18. The van der Waals surface area contributed by atoms with Crippen molar-refractivity contribution in [1.29, 1.82) is 0 Å². The van der Waals surface area contributed by atoms with Gasteiger partial charge in [-0.2, -0.15) is 11.8 Å². The Balaban J connectivity index is 3.19. The minimum atomic E-state index is -0.642. The Morgan fingerprint density at radius 3 is 2.58 bits per heavy atom. The summed E-state index contributed by atoms with van der Waals surface area (Å²) in [6.45, 7) is 4.34. The quantitative estimate of drug-likeness (QED) is 0.601. The van der Waals surface area contributed by atoms with Crippen LogP contribution in [0.2, 0.25) is 0 Å². The van der Waals surface area contributed by atoms with Crippen LogP contribution in [0.5, 0.6) is 0 Å². The molecule has 0 bridgehead atoms. The lowest BCUT2D eigenvalue weighted by Gasteiger charge is -2.20. The fourth-order valence-electron chi connectivity index (χ4n) is 0.956. The van der Waals surface area contributed by atoms with Crippen LogP contribution in [-0.2, 0) is 0 Å². The summed E-state index contributed by atoms with van der Waals surface area (Å²) in [6.07, 6.45) is 3.10. The lowest BCUT2D eigenvalue weighted by Crippen LogP contribution is -2.33. The first-order chi connectivity index (χ1) is 5.62. The minimum Gasteiger partial charge on any atom is -0.389 e. The lowest BCUT2D eigenvalue weighted by molar-refractivity contribution is 0.0577. The molecular weight excluding hydrogens is 170 g/mol. The SMILES string of the molecule is CCSCCCCC(C)(O)CN. The zero-order chi connectivity index (χ0) is 9.45. The number of hydrogen-bond donors (Lipinski definition) is 2. The summed E-state index contributed by atoms with van der Waals surface area (Å²) >= 11 is 1.95. The molecule has 0 aromatic heterocycles. The molecule has 0 radical (unpaired) electrons. The van der Waals surface area contributed by atoms with E-state index in [4.69, 9.17) is 5.73 Å². The van der Waals surface area contributed by atoms with Crippen LogP contribution in [0.15, 0.2) is 0 Å². The Bertz CT molecular complexity index is 107. The average Bonchev–Trinajstić information content (AvgIpc) is 2.04. The molecule has 0 aromatic rings. The molecule has 0 rings (SSSR count). The Labute approximate surface area is 79.9 Å². The van der Waals surface area contributed by atoms with Crippen LogP contribution in [0.4, 0.5) is 0 Å². The average molecular weight is 191 g/mol. The normalized spacial score (nSPS) is 16.0. The van der Waals surface area contributed by atoms with Crippen molar-refractivity contribution in [3.63, 3.8) is 0 Å². The fourth-order valence-corrected chi connectivity index (χ4v) is 1.65. The maximum atomic E-state index is 9.55. The van der Waals surface area contributed by atoms with Gasteiger partial charge in [-0.15, -0.1) is 0 Å². The van der Waals surface area contributed by atoms with Crippen molar-refractivity contribution >= 4 is 11.8 Å². The summed E-state index contributed by atoms with van der Waals surface area (Å²) in [5, 5.41) is 9.55. The number of rotatable bonds is 7. The number of aliphatic hydroxyl groups is 1. The van der Waals surface area contributed by atoms with Crippen LogP contribution >= 0.6 is 11.8 Å². The van der Waals surface area contributed by atoms with Gasteiger partial charge >= 0.3 is 0 Å². The molecule has 3 N–H and O–H groups in total. The van der Waals surface area contributed by atoms with Crippen molar-refractivity contribution in [1.82, 2.24) is 0 Å². The number of unbranched alkanes of at least 4 members (excludes halogenated alkanes) is 1. The molecule has 1 atom stereocenters. The van der Waals surface area contributed by atoms with Crippen LogP contribution in [0.25, 0.3) is 0 Å². The predicted octanol–water partition coefficient (Wildman–Crippen LogP) is 1.62. The molecule has 0 amide bonds. The molecule has 0 aliphatic carbocycles. The molecule has 0 aromatic carbocycles. The van der Waals surface area contributed by atoms with Crippen molar-refractivity contribution < 1.29 is 5.11 Å². The van der Waals surface area contributed by atoms with E-state index in [0.717, 1.165) is 12.8 Å². The second kappa shape index (κ2) is 6.75. The fraction of sp³-hybridized carbons (Fsp3) is 1.00. The van der Waals surface area contributed by atoms with Crippen molar-refractivity contribution in [3.05, 3.63) is 0 Å². The first-order valence-electron chi connectivity index (χ1n) is 4.62. The summed E-state index contributed by atoms with van der Waals surface area (Å²) in [5.41, 5.74) is 4.75. The molecule has 3 heteroatoms. The maximum Gasteiger partial charge on any atom is 0.0741 e. The van der Waals surface area contributed by atoms with E-state index in [2.05, 4.69) is 6.92 Å². The Morgan fingerprint density at radius 2 is 2.08 bits per heavy atom. The maximum absolute atomic E-state index is 9.55. The van der Waals surface area contributed by atoms with Gasteiger partial charge in [0.15, 0.2) is 0 Å². The highest BCUT2D eigenvalue weighted by atomic mass is 32.2. The van der Waals surface area contributed by atoms with Gasteiger partial charge in [-0.25, -0.2) is 0 Å². The molecule has 2 nitrogen and oxygen atoms in total. The summed E-state index contributed by atoms with van der Waals surface area (Å²) in [7, 11) is 0. The molecule has 0 saturated heterocycles. The van der Waals surface area contributed by atoms with Crippen LogP contribution in [0.1, 0.15) is 33.1 Å². The van der Waals surface area contributed by atoms with Gasteiger partial charge in [0, 0.05) is 6.54 Å². The largest absolute Gasteiger partial charge is 0.389 e. The zero-order valence-corrected chi connectivity index (χ0v) is 8.99. The van der Waals surface area contributed by atoms with Gasteiger partial charge in [-0.1, -0.05) is 6.92 Å². The topological polar surface area (TPSA) is 46.2 Å². The molecule has 0 heterocycles. The second-order valence-corrected chi connectivity index (χ2v) is 4.75. The predicted molar refractivity (Wildman–Crippen MR) is 56.5 cm³/mol. The third-order valence-electron chi connectivity index (χ3n) is 1.90. The van der Waals surface area contributed by atoms with Crippen molar-refractivity contribution in [3.8, 4) is 0 Å². The van der Waals surface area contributed by atoms with E-state index in [1.807, 2.05) is 11.8 Å². The molecule has 0 aliphatic heterocycles. The summed E-state index contributed by atoms with van der Waals surface area (Å²) < 4.78 is 0. The van der Waals surface area contributed by atoms with E-state index < -0.39 is 5.60 Å². The molecular formula is C9H21NOS. The summed E-state index contributed by atoms with van der Waals surface area (Å²) in [5.74, 6) is 2.39. The van der Waals surface area contributed by atoms with Gasteiger partial charge in [0.1, 0.15) is 0 Å². The van der Waals surface area contributed by atoms with Gasteiger partial charge < -0.3 is 10.8 Å². The van der Waals surface area contributed by atoms with E-state index >= 15 is 0 Å². The van der Waals surface area contributed by atoms with Gasteiger partial charge in [0.2, 0.25) is 0 Å². The Hall–Kier alpha value is 0.270. The van der Waals surface area contributed by atoms with Crippen molar-refractivity contribution in [2.45, 2.75) is 38.7 Å². The van der Waals surface area contributed by atoms with E-state index in [1.54, 1.807) is 6.92 Å². The molecule has 0 aliphatic rings. The highest BCUT2D eigenvalue weighted by molar-refractivity contribution is 7.99. The molecule has 1 unspecified atom stereocenters. The first kappa shape index (κ1) is 12.3. The van der Waals surface area contributed by atoms with Crippen LogP contribution < -0.4 is 5.73 Å². The molecule has 0 fully saturated rings. The number of thioether (sulfide) groups is 1. The molecule has 12 heavy (non-hydrogen) atoms. The van der Waals surface area contributed by atoms with E-state index in [0.29, 0.717) is 6.54 Å². The van der Waals surface area contributed by atoms with Crippen LogP contribution in [0, 0.1) is 0 Å². The molecule has 0 saturated carbocycles. The number of hydrogen-bond acceptors (Lipinski definition) is 3. The highest BCUT2D eigenvalue weighted by Gasteiger charge is 2.16. The highest BCUT2D eigenvalue weighted by Crippen LogP contribution is 2.13. The van der Waals surface area contributed by atoms with E-state index in [1.165, 1.54) is 17.9 Å². The van der Waals surface area contributed by atoms with Crippen LogP contribution in [-0.4, -0.2) is 28.8 Å².